The first-order valence-corrected chi connectivity index (χ1v) is 11.1. The second kappa shape index (κ2) is 10.3. The third-order valence-electron chi connectivity index (χ3n) is 5.92. The molecule has 1 fully saturated rings. The summed E-state index contributed by atoms with van der Waals surface area (Å²) in [7, 11) is 0. The highest BCUT2D eigenvalue weighted by atomic mass is 19.4. The predicted molar refractivity (Wildman–Crippen MR) is 115 cm³/mol. The Morgan fingerprint density at radius 2 is 2.03 bits per heavy atom. The number of carbonyl (C=O) groups is 1. The number of carboxylic acids is 1. The third kappa shape index (κ3) is 6.57. The van der Waals surface area contributed by atoms with Crippen LogP contribution in [0.3, 0.4) is 0 Å². The number of aryl methyl sites for hydroxylation is 1. The first-order valence-electron chi connectivity index (χ1n) is 11.1. The van der Waals surface area contributed by atoms with Crippen LogP contribution in [0.25, 0.3) is 11.5 Å². The number of nitrogens with zero attached hydrogens (tertiary/aromatic N) is 1. The molecule has 3 rings (SSSR count). The van der Waals surface area contributed by atoms with Crippen LogP contribution in [0.5, 0.6) is 0 Å². The molecule has 0 bridgehead atoms. The molecule has 0 saturated heterocycles. The maximum atomic E-state index is 13.0. The first kappa shape index (κ1) is 25.2. The molecular weight excluding hydrogens is 439 g/mol. The quantitative estimate of drug-likeness (QED) is 0.494. The van der Waals surface area contributed by atoms with E-state index in [0.29, 0.717) is 24.5 Å². The molecular formula is C24H30F3NO5. The molecule has 0 aliphatic heterocycles. The van der Waals surface area contributed by atoms with Crippen LogP contribution >= 0.6 is 0 Å². The molecule has 1 aromatic carbocycles. The van der Waals surface area contributed by atoms with Crippen LogP contribution < -0.4 is 0 Å². The lowest BCUT2D eigenvalue weighted by Gasteiger charge is -2.31. The maximum Gasteiger partial charge on any atom is 0.416 e. The van der Waals surface area contributed by atoms with Gasteiger partial charge in [-0.2, -0.15) is 13.2 Å². The smallest absolute Gasteiger partial charge is 0.416 e. The van der Waals surface area contributed by atoms with Crippen LogP contribution in [0.4, 0.5) is 13.2 Å². The van der Waals surface area contributed by atoms with Gasteiger partial charge in [-0.15, -0.1) is 0 Å². The topological polar surface area (TPSA) is 81.8 Å². The van der Waals surface area contributed by atoms with Gasteiger partial charge in [0.25, 0.3) is 0 Å². The van der Waals surface area contributed by atoms with Gasteiger partial charge in [0.2, 0.25) is 5.89 Å². The zero-order valence-electron chi connectivity index (χ0n) is 19.1. The molecule has 1 heterocycles. The fourth-order valence-corrected chi connectivity index (χ4v) is 3.85. The number of carboxylic acid groups (broad SMARTS) is 1. The highest BCUT2D eigenvalue weighted by Crippen LogP contribution is 2.33. The summed E-state index contributed by atoms with van der Waals surface area (Å²) in [6.45, 7) is 5.50. The van der Waals surface area contributed by atoms with E-state index >= 15 is 0 Å². The molecule has 0 radical (unpaired) electrons. The SMILES string of the molecule is CCc1oc(-c2cccc(C(F)(F)F)c2)nc1CO[C@H]1CCC[C@@H](COC(C)(C)C(=O)O)C1. The highest BCUT2D eigenvalue weighted by Gasteiger charge is 2.32. The molecule has 0 spiro atoms. The molecule has 1 aliphatic rings. The van der Waals surface area contributed by atoms with Gasteiger partial charge in [0, 0.05) is 12.0 Å². The van der Waals surface area contributed by atoms with Gasteiger partial charge in [-0.05, 0) is 57.2 Å². The van der Waals surface area contributed by atoms with Crippen molar-refractivity contribution in [1.82, 2.24) is 4.98 Å². The van der Waals surface area contributed by atoms with Crippen LogP contribution in [-0.4, -0.2) is 34.4 Å². The van der Waals surface area contributed by atoms with Gasteiger partial charge in [-0.1, -0.05) is 19.4 Å². The van der Waals surface area contributed by atoms with Crippen molar-refractivity contribution in [2.24, 2.45) is 5.92 Å². The maximum absolute atomic E-state index is 13.0. The molecule has 33 heavy (non-hydrogen) atoms. The lowest BCUT2D eigenvalue weighted by molar-refractivity contribution is -0.163. The van der Waals surface area contributed by atoms with Crippen LogP contribution in [0.15, 0.2) is 28.7 Å². The van der Waals surface area contributed by atoms with E-state index in [4.69, 9.17) is 13.9 Å². The number of oxazole rings is 1. The standard InChI is InChI=1S/C24H30F3NO5/c1-4-20-19(28-21(33-20)16-8-6-9-17(12-16)24(25,26)27)14-31-18-10-5-7-15(11-18)13-32-23(2,3)22(29)30/h6,8-9,12,15,18H,4-5,7,10-11,13-14H2,1-3H3,(H,29,30)/t15-,18+/m1/s1. The lowest BCUT2D eigenvalue weighted by atomic mass is 9.87. The number of alkyl halides is 3. The van der Waals surface area contributed by atoms with E-state index < -0.39 is 23.3 Å². The Hall–Kier alpha value is -2.39. The monoisotopic (exact) mass is 469 g/mol. The van der Waals surface area contributed by atoms with E-state index in [-0.39, 0.29) is 30.1 Å². The molecule has 1 N–H and O–H groups in total. The number of ether oxygens (including phenoxy) is 2. The molecule has 0 unspecified atom stereocenters. The highest BCUT2D eigenvalue weighted by molar-refractivity contribution is 5.76. The largest absolute Gasteiger partial charge is 0.479 e. The lowest BCUT2D eigenvalue weighted by Crippen LogP contribution is -2.37. The first-order chi connectivity index (χ1) is 15.5. The third-order valence-corrected chi connectivity index (χ3v) is 5.92. The van der Waals surface area contributed by atoms with Crippen molar-refractivity contribution in [1.29, 1.82) is 0 Å². The fraction of sp³-hybridized carbons (Fsp3) is 0.583. The van der Waals surface area contributed by atoms with Crippen molar-refractivity contribution in [2.75, 3.05) is 6.61 Å². The van der Waals surface area contributed by atoms with Gasteiger partial charge >= 0.3 is 12.1 Å². The van der Waals surface area contributed by atoms with Crippen LogP contribution in [0.2, 0.25) is 0 Å². The Bertz CT molecular complexity index is 954. The van der Waals surface area contributed by atoms with Crippen molar-refractivity contribution in [3.05, 3.63) is 41.3 Å². The molecule has 2 aromatic rings. The summed E-state index contributed by atoms with van der Waals surface area (Å²) in [5.41, 5.74) is -1.14. The Kier molecular flexibility index (Phi) is 7.84. The molecule has 1 aromatic heterocycles. The van der Waals surface area contributed by atoms with E-state index in [1.165, 1.54) is 26.0 Å². The van der Waals surface area contributed by atoms with Gasteiger partial charge in [0.05, 0.1) is 24.9 Å². The average molecular weight is 470 g/mol. The molecule has 9 heteroatoms. The van der Waals surface area contributed by atoms with Crippen molar-refractivity contribution >= 4 is 5.97 Å². The molecule has 2 atom stereocenters. The second-order valence-corrected chi connectivity index (χ2v) is 8.91. The Balaban J connectivity index is 1.62. The summed E-state index contributed by atoms with van der Waals surface area (Å²) in [6.07, 6.45) is -0.424. The molecule has 182 valence electrons. The van der Waals surface area contributed by atoms with Gasteiger partial charge < -0.3 is 19.0 Å². The Morgan fingerprint density at radius 3 is 2.70 bits per heavy atom. The van der Waals surface area contributed by atoms with Crippen LogP contribution in [-0.2, 0) is 33.5 Å². The van der Waals surface area contributed by atoms with Gasteiger partial charge in [-0.25, -0.2) is 9.78 Å². The van der Waals surface area contributed by atoms with E-state index in [9.17, 15) is 23.1 Å². The van der Waals surface area contributed by atoms with Crippen molar-refractivity contribution in [3.8, 4) is 11.5 Å². The van der Waals surface area contributed by atoms with Gasteiger partial charge in [0.15, 0.2) is 5.60 Å². The fourth-order valence-electron chi connectivity index (χ4n) is 3.85. The van der Waals surface area contributed by atoms with E-state index in [1.54, 1.807) is 0 Å². The second-order valence-electron chi connectivity index (χ2n) is 8.91. The number of halogens is 3. The van der Waals surface area contributed by atoms with Crippen LogP contribution in [0.1, 0.15) is 63.5 Å². The van der Waals surface area contributed by atoms with Crippen LogP contribution in [0, 0.1) is 5.92 Å². The van der Waals surface area contributed by atoms with E-state index in [1.807, 2.05) is 6.92 Å². The Morgan fingerprint density at radius 1 is 1.27 bits per heavy atom. The van der Waals surface area contributed by atoms with Gasteiger partial charge in [0.1, 0.15) is 11.5 Å². The normalized spacial score (nSPS) is 19.6. The van der Waals surface area contributed by atoms with E-state index in [2.05, 4.69) is 4.98 Å². The number of aliphatic carboxylic acids is 1. The van der Waals surface area contributed by atoms with E-state index in [0.717, 1.165) is 37.8 Å². The number of hydrogen-bond donors (Lipinski definition) is 1. The van der Waals surface area contributed by atoms with Crippen molar-refractivity contribution in [3.63, 3.8) is 0 Å². The minimum Gasteiger partial charge on any atom is -0.479 e. The summed E-state index contributed by atoms with van der Waals surface area (Å²) >= 11 is 0. The van der Waals surface area contributed by atoms with Crippen molar-refractivity contribution in [2.45, 2.75) is 77.4 Å². The Labute approximate surface area is 191 Å². The molecule has 0 amide bonds. The summed E-state index contributed by atoms with van der Waals surface area (Å²) < 4.78 is 56.5. The molecule has 1 saturated carbocycles. The summed E-state index contributed by atoms with van der Waals surface area (Å²) in [6, 6.07) is 4.91. The molecule has 6 nitrogen and oxygen atoms in total. The summed E-state index contributed by atoms with van der Waals surface area (Å²) in [4.78, 5) is 15.6. The predicted octanol–water partition coefficient (Wildman–Crippen LogP) is 5.88. The number of hydrogen-bond acceptors (Lipinski definition) is 5. The van der Waals surface area contributed by atoms with Crippen molar-refractivity contribution < 1.29 is 37.0 Å². The minimum atomic E-state index is -4.44. The number of benzene rings is 1. The number of rotatable bonds is 9. The zero-order valence-corrected chi connectivity index (χ0v) is 19.1. The average Bonchev–Trinajstić information content (AvgIpc) is 3.19. The van der Waals surface area contributed by atoms with Gasteiger partial charge in [-0.3, -0.25) is 0 Å². The molecule has 1 aliphatic carbocycles. The minimum absolute atomic E-state index is 0.0290. The summed E-state index contributed by atoms with van der Waals surface area (Å²) in [5.74, 6) is -0.0736. The summed E-state index contributed by atoms with van der Waals surface area (Å²) in [5, 5.41) is 9.20. The number of aromatic nitrogens is 1. The zero-order chi connectivity index (χ0) is 24.2.